The van der Waals surface area contributed by atoms with Gasteiger partial charge in [-0.15, -0.1) is 0 Å². The zero-order chi connectivity index (χ0) is 26.9. The Labute approximate surface area is 226 Å². The van der Waals surface area contributed by atoms with Crippen molar-refractivity contribution < 1.29 is 14.4 Å². The molecule has 1 aromatic carbocycles. The minimum atomic E-state index is -0.444. The van der Waals surface area contributed by atoms with Gasteiger partial charge in [0.1, 0.15) is 0 Å². The molecule has 0 saturated carbocycles. The molecule has 1 unspecified atom stereocenters. The van der Waals surface area contributed by atoms with Gasteiger partial charge < -0.3 is 15.5 Å². The van der Waals surface area contributed by atoms with Crippen LogP contribution in [0.4, 0.5) is 0 Å². The summed E-state index contributed by atoms with van der Waals surface area (Å²) in [5.74, 6) is -0.0654. The summed E-state index contributed by atoms with van der Waals surface area (Å²) in [6.45, 7) is 12.3. The fourth-order valence-electron chi connectivity index (χ4n) is 4.17. The van der Waals surface area contributed by atoms with Crippen LogP contribution in [-0.4, -0.2) is 64.2 Å². The second kappa shape index (κ2) is 13.9. The number of carbonyl (C=O) groups is 3. The highest BCUT2D eigenvalue weighted by molar-refractivity contribution is 6.00. The van der Waals surface area contributed by atoms with Crippen molar-refractivity contribution in [3.8, 4) is 0 Å². The number of carbonyl (C=O) groups excluding carboxylic acids is 3. The number of nitrogens with zero attached hydrogens (tertiary/aromatic N) is 4. The smallest absolute Gasteiger partial charge is 0.227 e. The van der Waals surface area contributed by atoms with E-state index in [1.54, 1.807) is 40.6 Å². The van der Waals surface area contributed by atoms with Gasteiger partial charge in [-0.1, -0.05) is 56.5 Å². The SMILES string of the molecule is C.C=C(N)/C=C\C(=C)C(C)=NCC1=CN(CC(=O)C2CCCN2C(=O)Cc2ccc(C)cc2)C=CN1C=O. The Morgan fingerprint density at radius 3 is 2.53 bits per heavy atom. The Bertz CT molecular complexity index is 1180. The summed E-state index contributed by atoms with van der Waals surface area (Å²) in [6, 6.07) is 7.43. The first kappa shape index (κ1) is 30.0. The summed E-state index contributed by atoms with van der Waals surface area (Å²) in [6.07, 6.45) is 10.8. The van der Waals surface area contributed by atoms with E-state index in [2.05, 4.69) is 18.2 Å². The van der Waals surface area contributed by atoms with E-state index in [-0.39, 0.29) is 38.6 Å². The molecule has 202 valence electrons. The third-order valence-electron chi connectivity index (χ3n) is 6.38. The second-order valence-corrected chi connectivity index (χ2v) is 9.31. The predicted molar refractivity (Wildman–Crippen MR) is 153 cm³/mol. The van der Waals surface area contributed by atoms with Crippen molar-refractivity contribution in [3.05, 3.63) is 96.3 Å². The van der Waals surface area contributed by atoms with Crippen molar-refractivity contribution in [1.29, 1.82) is 0 Å². The lowest BCUT2D eigenvalue weighted by atomic mass is 10.1. The molecule has 2 N–H and O–H groups in total. The van der Waals surface area contributed by atoms with Crippen molar-refractivity contribution in [2.24, 2.45) is 10.7 Å². The number of likely N-dealkylation sites (tertiary alicyclic amines) is 1. The number of allylic oxidation sites excluding steroid dienone is 3. The second-order valence-electron chi connectivity index (χ2n) is 9.31. The number of hydrogen-bond acceptors (Lipinski definition) is 6. The summed E-state index contributed by atoms with van der Waals surface area (Å²) in [5.41, 5.74) is 10.0. The molecule has 0 bridgehead atoms. The lowest BCUT2D eigenvalue weighted by Gasteiger charge is -2.29. The third kappa shape index (κ3) is 8.16. The molecule has 3 rings (SSSR count). The molecule has 2 amide bonds. The summed E-state index contributed by atoms with van der Waals surface area (Å²) in [5, 5.41) is 0. The summed E-state index contributed by atoms with van der Waals surface area (Å²) in [7, 11) is 0. The van der Waals surface area contributed by atoms with Crippen molar-refractivity contribution >= 4 is 23.8 Å². The minimum Gasteiger partial charge on any atom is -0.399 e. The summed E-state index contributed by atoms with van der Waals surface area (Å²) in [4.78, 5) is 47.1. The number of rotatable bonds is 11. The lowest BCUT2D eigenvalue weighted by Crippen LogP contribution is -2.44. The number of amides is 2. The number of Topliss-reactive ketones (excluding diaryl/α,β-unsaturated/α-hetero) is 1. The molecule has 2 heterocycles. The normalized spacial score (nSPS) is 17.3. The first-order valence-electron chi connectivity index (χ1n) is 12.3. The molecular weight excluding hydrogens is 478 g/mol. The molecular formula is C30H39N5O3. The Kier molecular flexibility index (Phi) is 11.0. The van der Waals surface area contributed by atoms with Crippen molar-refractivity contribution in [3.63, 3.8) is 0 Å². The van der Waals surface area contributed by atoms with Gasteiger partial charge in [-0.05, 0) is 43.9 Å². The van der Waals surface area contributed by atoms with Gasteiger partial charge in [-0.3, -0.25) is 24.3 Å². The van der Waals surface area contributed by atoms with E-state index in [1.807, 2.05) is 38.1 Å². The summed E-state index contributed by atoms with van der Waals surface area (Å²) < 4.78 is 0. The van der Waals surface area contributed by atoms with Crippen LogP contribution in [0.2, 0.25) is 0 Å². The molecule has 8 heteroatoms. The Hall–Kier alpha value is -4.20. The van der Waals surface area contributed by atoms with Gasteiger partial charge in [0.05, 0.1) is 31.2 Å². The van der Waals surface area contributed by atoms with Crippen LogP contribution in [-0.2, 0) is 20.8 Å². The molecule has 1 atom stereocenters. The Morgan fingerprint density at radius 1 is 1.16 bits per heavy atom. The third-order valence-corrected chi connectivity index (χ3v) is 6.38. The lowest BCUT2D eigenvalue weighted by molar-refractivity contribution is -0.137. The maximum Gasteiger partial charge on any atom is 0.227 e. The van der Waals surface area contributed by atoms with Gasteiger partial charge in [-0.25, -0.2) is 0 Å². The topological polar surface area (TPSA) is 99.3 Å². The maximum absolute atomic E-state index is 13.2. The number of nitrogens with two attached hydrogens (primary N) is 1. The average molecular weight is 518 g/mol. The van der Waals surface area contributed by atoms with Gasteiger partial charge in [0.25, 0.3) is 0 Å². The van der Waals surface area contributed by atoms with E-state index in [1.165, 1.54) is 4.90 Å². The van der Waals surface area contributed by atoms with Crippen LogP contribution in [0, 0.1) is 6.92 Å². The van der Waals surface area contributed by atoms with Crippen LogP contribution in [0.15, 0.2) is 90.1 Å². The van der Waals surface area contributed by atoms with E-state index in [0.29, 0.717) is 42.1 Å². The molecule has 0 aromatic heterocycles. The highest BCUT2D eigenvalue weighted by Crippen LogP contribution is 2.21. The van der Waals surface area contributed by atoms with E-state index in [4.69, 9.17) is 5.73 Å². The quantitative estimate of drug-likeness (QED) is 0.273. The van der Waals surface area contributed by atoms with Gasteiger partial charge in [0, 0.05) is 36.6 Å². The first-order chi connectivity index (χ1) is 17.7. The standard InChI is InChI=1S/C29H35N5O3.CH4/c1-21-7-11-25(12-8-21)16-29(37)34-13-5-6-27(34)28(36)19-32-14-15-33(20-35)26(18-32)17-31-24(4)22(2)9-10-23(3)30;/h7-12,14-15,18,20,27H,2-3,5-6,13,16-17,19,30H2,1,4H3;1H4/b10-9-,31-24?;. The molecule has 2 aliphatic rings. The minimum absolute atomic E-state index is 0. The van der Waals surface area contributed by atoms with Gasteiger partial charge in [0.2, 0.25) is 12.3 Å². The average Bonchev–Trinajstić information content (AvgIpc) is 3.37. The Morgan fingerprint density at radius 2 is 1.87 bits per heavy atom. The summed E-state index contributed by atoms with van der Waals surface area (Å²) >= 11 is 0. The van der Waals surface area contributed by atoms with Crippen LogP contribution in [0.1, 0.15) is 38.3 Å². The fraction of sp³-hybridized carbons (Fsp3) is 0.333. The van der Waals surface area contributed by atoms with E-state index < -0.39 is 6.04 Å². The monoisotopic (exact) mass is 517 g/mol. The molecule has 38 heavy (non-hydrogen) atoms. The number of benzene rings is 1. The number of aryl methyl sites for hydroxylation is 1. The fourth-order valence-corrected chi connectivity index (χ4v) is 4.17. The van der Waals surface area contributed by atoms with Crippen LogP contribution >= 0.6 is 0 Å². The number of aliphatic imine (C=N–C) groups is 1. The van der Waals surface area contributed by atoms with Crippen LogP contribution < -0.4 is 5.73 Å². The molecule has 2 aliphatic heterocycles. The van der Waals surface area contributed by atoms with Gasteiger partial charge in [-0.2, -0.15) is 0 Å². The van der Waals surface area contributed by atoms with Crippen LogP contribution in [0.3, 0.4) is 0 Å². The highest BCUT2D eigenvalue weighted by atomic mass is 16.2. The molecule has 0 aliphatic carbocycles. The zero-order valence-electron chi connectivity index (χ0n) is 21.6. The molecule has 0 spiro atoms. The van der Waals surface area contributed by atoms with Crippen molar-refractivity contribution in [2.75, 3.05) is 19.6 Å². The molecule has 1 aromatic rings. The molecule has 1 fully saturated rings. The largest absolute Gasteiger partial charge is 0.399 e. The maximum atomic E-state index is 13.2. The van der Waals surface area contributed by atoms with Crippen molar-refractivity contribution in [2.45, 2.75) is 46.6 Å². The number of ketones is 1. The van der Waals surface area contributed by atoms with E-state index >= 15 is 0 Å². The number of hydrogen-bond donors (Lipinski definition) is 1. The first-order valence-corrected chi connectivity index (χ1v) is 12.3. The molecule has 1 saturated heterocycles. The molecule has 8 nitrogen and oxygen atoms in total. The van der Waals surface area contributed by atoms with Crippen molar-refractivity contribution in [1.82, 2.24) is 14.7 Å². The van der Waals surface area contributed by atoms with E-state index in [9.17, 15) is 14.4 Å². The van der Waals surface area contributed by atoms with Crippen LogP contribution in [0.25, 0.3) is 0 Å². The van der Waals surface area contributed by atoms with E-state index in [0.717, 1.165) is 17.5 Å². The predicted octanol–water partition coefficient (Wildman–Crippen LogP) is 3.87. The van der Waals surface area contributed by atoms with Gasteiger partial charge >= 0.3 is 0 Å². The highest BCUT2D eigenvalue weighted by Gasteiger charge is 2.34. The Balaban J connectivity index is 0.00000507. The zero-order valence-corrected chi connectivity index (χ0v) is 21.6. The van der Waals surface area contributed by atoms with Gasteiger partial charge in [0.15, 0.2) is 5.78 Å². The molecule has 0 radical (unpaired) electrons. The van der Waals surface area contributed by atoms with Crippen LogP contribution in [0.5, 0.6) is 0 Å².